The van der Waals surface area contributed by atoms with Crippen LogP contribution < -0.4 is 9.80 Å². The molecule has 0 aliphatic rings. The van der Waals surface area contributed by atoms with Crippen molar-refractivity contribution in [2.45, 2.75) is 105 Å². The highest BCUT2D eigenvalue weighted by atomic mass is 16.3. The first-order chi connectivity index (χ1) is 29.7. The number of hydrogen-bond acceptors (Lipinski definition) is 3. The SMILES string of the molecule is CC(C)(C)c1ccc(N(c2ccc(C(C)(C)C)cc2)c2ccc3cc4c(cc3c2)oc2cc3cc(N(c5ccc(C(C)(C)C)cc5)c5ccc(C(C)(C)C)cc5)ccc3cc24)cc1. The highest BCUT2D eigenvalue weighted by molar-refractivity contribution is 6.14. The molecule has 0 amide bonds. The van der Waals surface area contributed by atoms with E-state index in [4.69, 9.17) is 4.42 Å². The molecule has 0 fully saturated rings. The average Bonchev–Trinajstić information content (AvgIpc) is 3.57. The second-order valence-electron chi connectivity index (χ2n) is 21.7. The molecule has 3 nitrogen and oxygen atoms in total. The average molecular weight is 827 g/mol. The molecule has 0 spiro atoms. The Balaban J connectivity index is 1.12. The third-order valence-electron chi connectivity index (χ3n) is 12.8. The zero-order valence-corrected chi connectivity index (χ0v) is 39.3. The molecule has 0 aliphatic heterocycles. The summed E-state index contributed by atoms with van der Waals surface area (Å²) >= 11 is 0. The van der Waals surface area contributed by atoms with Crippen molar-refractivity contribution in [1.29, 1.82) is 0 Å². The van der Waals surface area contributed by atoms with E-state index in [2.05, 4.69) is 251 Å². The summed E-state index contributed by atoms with van der Waals surface area (Å²) in [5, 5.41) is 6.90. The van der Waals surface area contributed by atoms with Crippen LogP contribution in [-0.4, -0.2) is 0 Å². The number of nitrogens with zero attached hydrogens (tertiary/aromatic N) is 2. The van der Waals surface area contributed by atoms with Gasteiger partial charge in [-0.2, -0.15) is 0 Å². The van der Waals surface area contributed by atoms with Gasteiger partial charge in [0.25, 0.3) is 0 Å². The molecule has 0 atom stereocenters. The van der Waals surface area contributed by atoms with E-state index < -0.39 is 0 Å². The molecule has 0 unspecified atom stereocenters. The number of benzene rings is 8. The first-order valence-electron chi connectivity index (χ1n) is 22.6. The van der Waals surface area contributed by atoms with Gasteiger partial charge in [-0.15, -0.1) is 0 Å². The van der Waals surface area contributed by atoms with Crippen LogP contribution in [0.2, 0.25) is 0 Å². The Morgan fingerprint density at radius 3 is 0.778 bits per heavy atom. The van der Waals surface area contributed by atoms with Gasteiger partial charge >= 0.3 is 0 Å². The van der Waals surface area contributed by atoms with Gasteiger partial charge in [0.2, 0.25) is 0 Å². The zero-order valence-electron chi connectivity index (χ0n) is 39.3. The molecule has 0 N–H and O–H groups in total. The summed E-state index contributed by atoms with van der Waals surface area (Å²) in [4.78, 5) is 4.74. The fraction of sp³-hybridized carbons (Fsp3) is 0.267. The van der Waals surface area contributed by atoms with Crippen LogP contribution in [0, 0.1) is 0 Å². The maximum absolute atomic E-state index is 6.76. The van der Waals surface area contributed by atoms with Crippen molar-refractivity contribution < 1.29 is 4.42 Å². The van der Waals surface area contributed by atoms with Gasteiger partial charge in [0.15, 0.2) is 0 Å². The first-order valence-corrected chi connectivity index (χ1v) is 22.6. The smallest absolute Gasteiger partial charge is 0.136 e. The number of hydrogen-bond donors (Lipinski definition) is 0. The van der Waals surface area contributed by atoms with Crippen LogP contribution in [0.1, 0.15) is 105 Å². The van der Waals surface area contributed by atoms with Crippen LogP contribution >= 0.6 is 0 Å². The summed E-state index contributed by atoms with van der Waals surface area (Å²) in [7, 11) is 0. The van der Waals surface area contributed by atoms with Crippen molar-refractivity contribution in [3.8, 4) is 0 Å². The second kappa shape index (κ2) is 15.2. The molecule has 3 heteroatoms. The van der Waals surface area contributed by atoms with Gasteiger partial charge in [-0.05, 0) is 163 Å². The summed E-state index contributed by atoms with van der Waals surface area (Å²) in [5.74, 6) is 0. The molecule has 0 saturated carbocycles. The molecule has 1 aromatic heterocycles. The van der Waals surface area contributed by atoms with Crippen molar-refractivity contribution in [3.63, 3.8) is 0 Å². The third-order valence-corrected chi connectivity index (χ3v) is 12.8. The number of furan rings is 1. The third kappa shape index (κ3) is 8.22. The van der Waals surface area contributed by atoms with Gasteiger partial charge in [-0.25, -0.2) is 0 Å². The molecular weight excluding hydrogens is 765 g/mol. The van der Waals surface area contributed by atoms with E-state index in [1.807, 2.05) is 0 Å². The van der Waals surface area contributed by atoms with Crippen molar-refractivity contribution in [2.24, 2.45) is 0 Å². The van der Waals surface area contributed by atoms with E-state index in [1.165, 1.54) is 33.0 Å². The Morgan fingerprint density at radius 1 is 0.270 bits per heavy atom. The lowest BCUT2D eigenvalue weighted by Gasteiger charge is -2.28. The molecule has 0 saturated heterocycles. The van der Waals surface area contributed by atoms with Crippen LogP contribution in [0.4, 0.5) is 34.1 Å². The summed E-state index contributed by atoms with van der Waals surface area (Å²) in [5.41, 5.74) is 14.1. The van der Waals surface area contributed by atoms with E-state index in [1.54, 1.807) is 0 Å². The van der Waals surface area contributed by atoms with Crippen LogP contribution in [0.25, 0.3) is 43.5 Å². The lowest BCUT2D eigenvalue weighted by Crippen LogP contribution is -2.14. The van der Waals surface area contributed by atoms with Gasteiger partial charge in [0.05, 0.1) is 0 Å². The van der Waals surface area contributed by atoms with E-state index >= 15 is 0 Å². The lowest BCUT2D eigenvalue weighted by molar-refractivity contribution is 0.590. The molecular formula is C60H62N2O. The van der Waals surface area contributed by atoms with Gasteiger partial charge in [0.1, 0.15) is 11.2 Å². The predicted octanol–water partition coefficient (Wildman–Crippen LogP) is 18.0. The summed E-state index contributed by atoms with van der Waals surface area (Å²) < 4.78 is 6.76. The molecule has 9 aromatic rings. The second-order valence-corrected chi connectivity index (χ2v) is 21.7. The summed E-state index contributed by atoms with van der Waals surface area (Å²) in [6.07, 6.45) is 0. The van der Waals surface area contributed by atoms with E-state index in [9.17, 15) is 0 Å². The largest absolute Gasteiger partial charge is 0.456 e. The lowest BCUT2D eigenvalue weighted by atomic mass is 9.86. The number of fused-ring (bicyclic) bond motifs is 5. The predicted molar refractivity (Wildman–Crippen MR) is 273 cm³/mol. The van der Waals surface area contributed by atoms with Crippen LogP contribution in [0.15, 0.2) is 162 Å². The molecule has 0 aliphatic carbocycles. The highest BCUT2D eigenvalue weighted by Gasteiger charge is 2.22. The monoisotopic (exact) mass is 826 g/mol. The molecule has 8 aromatic carbocycles. The zero-order chi connectivity index (χ0) is 44.6. The minimum atomic E-state index is 0.0744. The Labute approximate surface area is 375 Å². The number of rotatable bonds is 6. The molecule has 318 valence electrons. The van der Waals surface area contributed by atoms with Crippen LogP contribution in [0.3, 0.4) is 0 Å². The highest BCUT2D eigenvalue weighted by Crippen LogP contribution is 2.43. The van der Waals surface area contributed by atoms with Crippen molar-refractivity contribution >= 4 is 77.6 Å². The number of anilines is 6. The van der Waals surface area contributed by atoms with E-state index in [0.717, 1.165) is 66.8 Å². The minimum Gasteiger partial charge on any atom is -0.456 e. The van der Waals surface area contributed by atoms with E-state index in [0.29, 0.717) is 0 Å². The summed E-state index contributed by atoms with van der Waals surface area (Å²) in [6, 6.07) is 58.8. The quantitative estimate of drug-likeness (QED) is 0.166. The summed E-state index contributed by atoms with van der Waals surface area (Å²) in [6.45, 7) is 27.2. The molecule has 9 rings (SSSR count). The minimum absolute atomic E-state index is 0.0744. The van der Waals surface area contributed by atoms with E-state index in [-0.39, 0.29) is 21.7 Å². The Bertz CT molecular complexity index is 2780. The normalized spacial score (nSPS) is 12.8. The Kier molecular flexibility index (Phi) is 10.1. The van der Waals surface area contributed by atoms with Gasteiger partial charge in [0, 0.05) is 44.9 Å². The first kappa shape index (κ1) is 42.0. The maximum Gasteiger partial charge on any atom is 0.136 e. The van der Waals surface area contributed by atoms with Gasteiger partial charge in [-0.1, -0.05) is 144 Å². The maximum atomic E-state index is 6.76. The van der Waals surface area contributed by atoms with Crippen molar-refractivity contribution in [2.75, 3.05) is 9.80 Å². The van der Waals surface area contributed by atoms with Crippen LogP contribution in [-0.2, 0) is 21.7 Å². The van der Waals surface area contributed by atoms with Crippen LogP contribution in [0.5, 0.6) is 0 Å². The van der Waals surface area contributed by atoms with Gasteiger partial charge in [-0.3, -0.25) is 0 Å². The molecule has 63 heavy (non-hydrogen) atoms. The molecule has 1 heterocycles. The van der Waals surface area contributed by atoms with Gasteiger partial charge < -0.3 is 14.2 Å². The fourth-order valence-electron chi connectivity index (χ4n) is 8.85. The topological polar surface area (TPSA) is 19.6 Å². The fourth-order valence-corrected chi connectivity index (χ4v) is 8.85. The Hall–Kier alpha value is -6.32. The Morgan fingerprint density at radius 2 is 0.524 bits per heavy atom. The van der Waals surface area contributed by atoms with Crippen molar-refractivity contribution in [3.05, 3.63) is 180 Å². The molecule has 0 radical (unpaired) electrons. The standard InChI is InChI=1S/C60H62N2O/c1-57(2,3)43-15-25-47(26-16-43)61(48-27-17-44(18-28-48)58(4,5)6)51-23-13-39-35-53-54-36-40-14-24-52(34-42(40)38-56(54)63-55(53)37-41(39)33-51)62(49-29-19-45(20-30-49)59(7,8)9)50-31-21-46(22-32-50)60(10,11)12/h13-38H,1-12H3. The van der Waals surface area contributed by atoms with Crippen molar-refractivity contribution in [1.82, 2.24) is 0 Å². The molecule has 0 bridgehead atoms.